The first kappa shape index (κ1) is 9.52. The van der Waals surface area contributed by atoms with E-state index in [1.165, 1.54) is 12.8 Å². The van der Waals surface area contributed by atoms with E-state index in [2.05, 4.69) is 4.90 Å². The average Bonchev–Trinajstić information content (AvgIpc) is 2.51. The molecule has 12 heavy (non-hydrogen) atoms. The molecule has 0 aliphatic carbocycles. The average molecular weight is 171 g/mol. The third-order valence-corrected chi connectivity index (χ3v) is 2.50. The molecule has 1 fully saturated rings. The Morgan fingerprint density at radius 1 is 1.50 bits per heavy atom. The van der Waals surface area contributed by atoms with Crippen LogP contribution in [0.5, 0.6) is 0 Å². The second-order valence-corrected chi connectivity index (χ2v) is 3.58. The molecule has 0 amide bonds. The van der Waals surface area contributed by atoms with Crippen molar-refractivity contribution in [3.63, 3.8) is 0 Å². The summed E-state index contributed by atoms with van der Waals surface area (Å²) in [5.41, 5.74) is 0. The number of nitrogens with zero attached hydrogens (tertiary/aromatic N) is 1. The maximum atomic E-state index is 10.5. The molecule has 1 N–H and O–H groups in total. The molecule has 1 unspecified atom stereocenters. The van der Waals surface area contributed by atoms with Gasteiger partial charge < -0.3 is 10.0 Å². The summed E-state index contributed by atoms with van der Waals surface area (Å²) >= 11 is 0. The second kappa shape index (κ2) is 4.45. The largest absolute Gasteiger partial charge is 0.481 e. The molecule has 0 spiro atoms. The van der Waals surface area contributed by atoms with E-state index in [1.807, 2.05) is 0 Å². The third-order valence-electron chi connectivity index (χ3n) is 2.50. The highest BCUT2D eigenvalue weighted by Gasteiger charge is 2.15. The fraction of sp³-hybridized carbons (Fsp3) is 0.889. The Balaban J connectivity index is 2.11. The van der Waals surface area contributed by atoms with Crippen molar-refractivity contribution in [1.82, 2.24) is 4.90 Å². The molecule has 1 saturated heterocycles. The van der Waals surface area contributed by atoms with Gasteiger partial charge in [-0.25, -0.2) is 0 Å². The highest BCUT2D eigenvalue weighted by molar-refractivity contribution is 5.69. The molecule has 3 heteroatoms. The number of rotatable bonds is 4. The van der Waals surface area contributed by atoms with E-state index >= 15 is 0 Å². The normalized spacial score (nSPS) is 21.1. The number of aliphatic carboxylic acids is 1. The summed E-state index contributed by atoms with van der Waals surface area (Å²) in [5.74, 6) is -0.861. The van der Waals surface area contributed by atoms with E-state index in [9.17, 15) is 4.79 Å². The van der Waals surface area contributed by atoms with Crippen molar-refractivity contribution < 1.29 is 9.90 Å². The predicted molar refractivity (Wildman–Crippen MR) is 47.1 cm³/mol. The van der Waals surface area contributed by atoms with Crippen molar-refractivity contribution in [3.8, 4) is 0 Å². The Labute approximate surface area is 73.4 Å². The van der Waals surface area contributed by atoms with Gasteiger partial charge in [0.15, 0.2) is 0 Å². The van der Waals surface area contributed by atoms with Gasteiger partial charge in [0.05, 0.1) is 5.92 Å². The minimum atomic E-state index is -0.672. The standard InChI is InChI=1S/C9H17NO2/c1-8(9(11)12)4-7-10-5-2-3-6-10/h8H,2-7H2,1H3,(H,11,12). The summed E-state index contributed by atoms with van der Waals surface area (Å²) in [4.78, 5) is 12.8. The number of carboxylic acid groups (broad SMARTS) is 1. The lowest BCUT2D eigenvalue weighted by atomic mass is 10.1. The molecule has 0 aromatic rings. The number of likely N-dealkylation sites (tertiary alicyclic amines) is 1. The molecular weight excluding hydrogens is 154 g/mol. The summed E-state index contributed by atoms with van der Waals surface area (Å²) < 4.78 is 0. The van der Waals surface area contributed by atoms with Crippen LogP contribution in [0.3, 0.4) is 0 Å². The maximum Gasteiger partial charge on any atom is 0.306 e. The van der Waals surface area contributed by atoms with Crippen LogP contribution in [0, 0.1) is 5.92 Å². The molecule has 70 valence electrons. The first-order valence-corrected chi connectivity index (χ1v) is 4.65. The van der Waals surface area contributed by atoms with Gasteiger partial charge in [-0.3, -0.25) is 4.79 Å². The minimum Gasteiger partial charge on any atom is -0.481 e. The highest BCUT2D eigenvalue weighted by Crippen LogP contribution is 2.10. The quantitative estimate of drug-likeness (QED) is 0.690. The Bertz CT molecular complexity index is 153. The van der Waals surface area contributed by atoms with Gasteiger partial charge in [0.2, 0.25) is 0 Å². The summed E-state index contributed by atoms with van der Waals surface area (Å²) in [6, 6.07) is 0. The van der Waals surface area contributed by atoms with E-state index in [1.54, 1.807) is 6.92 Å². The zero-order chi connectivity index (χ0) is 8.97. The van der Waals surface area contributed by atoms with E-state index < -0.39 is 5.97 Å². The van der Waals surface area contributed by atoms with E-state index in [0.717, 1.165) is 26.1 Å². The van der Waals surface area contributed by atoms with E-state index in [4.69, 9.17) is 5.11 Å². The Morgan fingerprint density at radius 2 is 2.08 bits per heavy atom. The lowest BCUT2D eigenvalue weighted by Gasteiger charge is -2.15. The van der Waals surface area contributed by atoms with Gasteiger partial charge in [-0.05, 0) is 38.9 Å². The second-order valence-electron chi connectivity index (χ2n) is 3.58. The zero-order valence-corrected chi connectivity index (χ0v) is 7.62. The summed E-state index contributed by atoms with van der Waals surface area (Å²) in [5, 5.41) is 8.64. The van der Waals surface area contributed by atoms with Crippen molar-refractivity contribution in [1.29, 1.82) is 0 Å². The molecule has 1 heterocycles. The van der Waals surface area contributed by atoms with Crippen LogP contribution < -0.4 is 0 Å². The molecule has 1 atom stereocenters. The van der Waals surface area contributed by atoms with Crippen LogP contribution in [-0.2, 0) is 4.79 Å². The molecule has 0 saturated carbocycles. The van der Waals surface area contributed by atoms with Gasteiger partial charge >= 0.3 is 5.97 Å². The summed E-state index contributed by atoms with van der Waals surface area (Å²) in [7, 11) is 0. The van der Waals surface area contributed by atoms with Crippen molar-refractivity contribution in [2.45, 2.75) is 26.2 Å². The monoisotopic (exact) mass is 171 g/mol. The molecule has 0 aromatic heterocycles. The summed E-state index contributed by atoms with van der Waals surface area (Å²) in [6.07, 6.45) is 3.35. The topological polar surface area (TPSA) is 40.5 Å². The van der Waals surface area contributed by atoms with Crippen molar-refractivity contribution in [2.24, 2.45) is 5.92 Å². The fourth-order valence-electron chi connectivity index (χ4n) is 1.51. The molecule has 1 aliphatic heterocycles. The van der Waals surface area contributed by atoms with Gasteiger partial charge in [0, 0.05) is 0 Å². The van der Waals surface area contributed by atoms with E-state index in [-0.39, 0.29) is 5.92 Å². The number of hydrogen-bond donors (Lipinski definition) is 1. The molecule has 1 rings (SSSR count). The Kier molecular flexibility index (Phi) is 3.53. The Morgan fingerprint density at radius 3 is 2.58 bits per heavy atom. The number of carbonyl (C=O) groups is 1. The lowest BCUT2D eigenvalue weighted by molar-refractivity contribution is -0.141. The SMILES string of the molecule is CC(CCN1CCCC1)C(=O)O. The van der Waals surface area contributed by atoms with Gasteiger partial charge in [-0.2, -0.15) is 0 Å². The first-order chi connectivity index (χ1) is 5.70. The van der Waals surface area contributed by atoms with Gasteiger partial charge in [0.25, 0.3) is 0 Å². The fourth-order valence-corrected chi connectivity index (χ4v) is 1.51. The first-order valence-electron chi connectivity index (χ1n) is 4.65. The van der Waals surface area contributed by atoms with Crippen LogP contribution in [-0.4, -0.2) is 35.6 Å². The minimum absolute atomic E-state index is 0.189. The van der Waals surface area contributed by atoms with Crippen molar-refractivity contribution >= 4 is 5.97 Å². The van der Waals surface area contributed by atoms with Gasteiger partial charge in [-0.15, -0.1) is 0 Å². The molecule has 1 aliphatic rings. The molecule has 0 bridgehead atoms. The van der Waals surface area contributed by atoms with Crippen LogP contribution in [0.15, 0.2) is 0 Å². The van der Waals surface area contributed by atoms with E-state index in [0.29, 0.717) is 0 Å². The predicted octanol–water partition coefficient (Wildman–Crippen LogP) is 1.19. The third kappa shape index (κ3) is 2.81. The lowest BCUT2D eigenvalue weighted by Crippen LogP contribution is -2.24. The number of carboxylic acids is 1. The molecule has 0 aromatic carbocycles. The Hall–Kier alpha value is -0.570. The van der Waals surface area contributed by atoms with Crippen LogP contribution in [0.25, 0.3) is 0 Å². The van der Waals surface area contributed by atoms with Gasteiger partial charge in [-0.1, -0.05) is 6.92 Å². The number of hydrogen-bond acceptors (Lipinski definition) is 2. The molecule has 0 radical (unpaired) electrons. The maximum absolute atomic E-state index is 10.5. The van der Waals surface area contributed by atoms with Crippen molar-refractivity contribution in [2.75, 3.05) is 19.6 Å². The highest BCUT2D eigenvalue weighted by atomic mass is 16.4. The smallest absolute Gasteiger partial charge is 0.306 e. The van der Waals surface area contributed by atoms with Crippen LogP contribution in [0.2, 0.25) is 0 Å². The zero-order valence-electron chi connectivity index (χ0n) is 7.62. The van der Waals surface area contributed by atoms with Crippen LogP contribution in [0.1, 0.15) is 26.2 Å². The van der Waals surface area contributed by atoms with Gasteiger partial charge in [0.1, 0.15) is 0 Å². The van der Waals surface area contributed by atoms with Crippen molar-refractivity contribution in [3.05, 3.63) is 0 Å². The van der Waals surface area contributed by atoms with Crippen LogP contribution >= 0.6 is 0 Å². The molecular formula is C9H17NO2. The van der Waals surface area contributed by atoms with Crippen LogP contribution in [0.4, 0.5) is 0 Å². The molecule has 3 nitrogen and oxygen atoms in total. The summed E-state index contributed by atoms with van der Waals surface area (Å²) in [6.45, 7) is 5.05.